The van der Waals surface area contributed by atoms with Gasteiger partial charge in [0.25, 0.3) is 0 Å². The third-order valence-corrected chi connectivity index (χ3v) is 2.61. The summed E-state index contributed by atoms with van der Waals surface area (Å²) in [6.07, 6.45) is 5.93. The second-order valence-corrected chi connectivity index (χ2v) is 3.96. The Morgan fingerprint density at radius 2 is 2.62 bits per heavy atom. The molecule has 2 heterocycles. The molecule has 1 aromatic heterocycles. The van der Waals surface area contributed by atoms with Crippen LogP contribution in [-0.2, 0) is 6.54 Å². The quantitative estimate of drug-likeness (QED) is 0.696. The maximum Gasteiger partial charge on any atom is 0.180 e. The Labute approximate surface area is 78.8 Å². The molecule has 0 radical (unpaired) electrons. The van der Waals surface area contributed by atoms with Gasteiger partial charge < -0.3 is 4.42 Å². The molecule has 0 saturated carbocycles. The average molecular weight is 180 g/mol. The van der Waals surface area contributed by atoms with Crippen LogP contribution in [0, 0.1) is 5.92 Å². The molecule has 0 spiro atoms. The summed E-state index contributed by atoms with van der Waals surface area (Å²) in [5, 5.41) is 0. The van der Waals surface area contributed by atoms with Crippen molar-refractivity contribution in [3.63, 3.8) is 0 Å². The largest absolute Gasteiger partial charge is 0.451 e. The van der Waals surface area contributed by atoms with Gasteiger partial charge in [-0.2, -0.15) is 0 Å². The van der Waals surface area contributed by atoms with Gasteiger partial charge in [-0.25, -0.2) is 4.98 Å². The molecule has 0 N–H and O–H groups in total. The maximum atomic E-state index is 4.95. The highest BCUT2D eigenvalue weighted by atomic mass is 16.3. The molecule has 0 aromatic carbocycles. The Kier molecular flexibility index (Phi) is 2.64. The fraction of sp³-hybridized carbons (Fsp3) is 0.700. The minimum atomic E-state index is 0.834. The van der Waals surface area contributed by atoms with Gasteiger partial charge in [0.15, 0.2) is 6.39 Å². The van der Waals surface area contributed by atoms with E-state index < -0.39 is 0 Å². The van der Waals surface area contributed by atoms with E-state index in [0.717, 1.165) is 18.2 Å². The number of rotatable bonds is 2. The molecule has 1 fully saturated rings. The number of hydrogen-bond acceptors (Lipinski definition) is 3. The predicted octanol–water partition coefficient (Wildman–Crippen LogP) is 1.91. The van der Waals surface area contributed by atoms with Crippen LogP contribution in [0.3, 0.4) is 0 Å². The van der Waals surface area contributed by atoms with Gasteiger partial charge >= 0.3 is 0 Å². The molecular formula is C10H16N2O. The number of likely N-dealkylation sites (tertiary alicyclic amines) is 1. The van der Waals surface area contributed by atoms with Crippen molar-refractivity contribution in [3.8, 4) is 0 Å². The van der Waals surface area contributed by atoms with Gasteiger partial charge in [0.1, 0.15) is 6.26 Å². The van der Waals surface area contributed by atoms with Crippen molar-refractivity contribution in [3.05, 3.63) is 18.4 Å². The first-order chi connectivity index (χ1) is 6.34. The van der Waals surface area contributed by atoms with Crippen molar-refractivity contribution in [1.82, 2.24) is 9.88 Å². The van der Waals surface area contributed by atoms with Crippen LogP contribution in [0.5, 0.6) is 0 Å². The summed E-state index contributed by atoms with van der Waals surface area (Å²) in [4.78, 5) is 6.58. The summed E-state index contributed by atoms with van der Waals surface area (Å²) in [5.41, 5.74) is 1.05. The molecular weight excluding hydrogens is 164 g/mol. The molecule has 3 heteroatoms. The smallest absolute Gasteiger partial charge is 0.180 e. The molecule has 1 saturated heterocycles. The van der Waals surface area contributed by atoms with Crippen molar-refractivity contribution in [2.24, 2.45) is 5.92 Å². The molecule has 3 nitrogen and oxygen atoms in total. The zero-order valence-corrected chi connectivity index (χ0v) is 8.07. The monoisotopic (exact) mass is 180 g/mol. The number of oxazole rings is 1. The average Bonchev–Trinajstić information content (AvgIpc) is 2.57. The zero-order valence-electron chi connectivity index (χ0n) is 8.07. The molecule has 0 aliphatic carbocycles. The minimum Gasteiger partial charge on any atom is -0.451 e. The Balaban J connectivity index is 1.87. The molecule has 0 bridgehead atoms. The molecule has 2 rings (SSSR count). The van der Waals surface area contributed by atoms with E-state index in [2.05, 4.69) is 16.8 Å². The van der Waals surface area contributed by atoms with Crippen LogP contribution in [-0.4, -0.2) is 23.0 Å². The normalized spacial score (nSPS) is 24.8. The van der Waals surface area contributed by atoms with E-state index in [0.29, 0.717) is 0 Å². The van der Waals surface area contributed by atoms with E-state index in [1.165, 1.54) is 32.3 Å². The van der Waals surface area contributed by atoms with Crippen LogP contribution in [0.15, 0.2) is 17.1 Å². The highest BCUT2D eigenvalue weighted by molar-refractivity contribution is 4.91. The molecule has 1 aliphatic rings. The van der Waals surface area contributed by atoms with E-state index in [-0.39, 0.29) is 0 Å². The van der Waals surface area contributed by atoms with E-state index in [9.17, 15) is 0 Å². The number of piperidine rings is 1. The summed E-state index contributed by atoms with van der Waals surface area (Å²) in [7, 11) is 0. The van der Waals surface area contributed by atoms with Crippen molar-refractivity contribution in [2.75, 3.05) is 13.1 Å². The van der Waals surface area contributed by atoms with E-state index in [1.807, 2.05) is 0 Å². The van der Waals surface area contributed by atoms with Crippen LogP contribution >= 0.6 is 0 Å². The first-order valence-electron chi connectivity index (χ1n) is 4.94. The van der Waals surface area contributed by atoms with Crippen LogP contribution in [0.1, 0.15) is 25.5 Å². The van der Waals surface area contributed by atoms with Gasteiger partial charge in [0.05, 0.1) is 5.69 Å². The van der Waals surface area contributed by atoms with Crippen molar-refractivity contribution in [1.29, 1.82) is 0 Å². The second-order valence-electron chi connectivity index (χ2n) is 3.96. The Morgan fingerprint density at radius 3 is 3.31 bits per heavy atom. The summed E-state index contributed by atoms with van der Waals surface area (Å²) < 4.78 is 4.95. The minimum absolute atomic E-state index is 0.834. The number of nitrogens with zero attached hydrogens (tertiary/aromatic N) is 2. The van der Waals surface area contributed by atoms with Crippen molar-refractivity contribution < 1.29 is 4.42 Å². The lowest BCUT2D eigenvalue weighted by atomic mass is 10.0. The van der Waals surface area contributed by atoms with Gasteiger partial charge in [-0.15, -0.1) is 0 Å². The summed E-state index contributed by atoms with van der Waals surface area (Å²) >= 11 is 0. The van der Waals surface area contributed by atoms with E-state index in [1.54, 1.807) is 6.26 Å². The maximum absolute atomic E-state index is 4.95. The fourth-order valence-electron chi connectivity index (χ4n) is 1.98. The molecule has 1 unspecified atom stereocenters. The molecule has 1 atom stereocenters. The first kappa shape index (κ1) is 8.75. The van der Waals surface area contributed by atoms with Gasteiger partial charge in [-0.3, -0.25) is 4.90 Å². The highest BCUT2D eigenvalue weighted by Crippen LogP contribution is 2.16. The predicted molar refractivity (Wildman–Crippen MR) is 50.2 cm³/mol. The fourth-order valence-corrected chi connectivity index (χ4v) is 1.98. The lowest BCUT2D eigenvalue weighted by molar-refractivity contribution is 0.175. The molecule has 1 aromatic rings. The van der Waals surface area contributed by atoms with Crippen LogP contribution in [0.2, 0.25) is 0 Å². The second kappa shape index (κ2) is 3.92. The summed E-state index contributed by atoms with van der Waals surface area (Å²) in [5.74, 6) is 0.834. The summed E-state index contributed by atoms with van der Waals surface area (Å²) in [6, 6.07) is 0. The van der Waals surface area contributed by atoms with Crippen LogP contribution in [0.4, 0.5) is 0 Å². The molecule has 13 heavy (non-hydrogen) atoms. The highest BCUT2D eigenvalue weighted by Gasteiger charge is 2.16. The van der Waals surface area contributed by atoms with Crippen molar-refractivity contribution in [2.45, 2.75) is 26.3 Å². The lowest BCUT2D eigenvalue weighted by Crippen LogP contribution is -2.33. The van der Waals surface area contributed by atoms with Gasteiger partial charge in [0.2, 0.25) is 0 Å². The standard InChI is InChI=1S/C10H16N2O/c1-9-3-2-4-12(5-9)6-10-7-13-8-11-10/h7-9H,2-6H2,1H3. The van der Waals surface area contributed by atoms with E-state index in [4.69, 9.17) is 4.42 Å². The third kappa shape index (κ3) is 2.31. The van der Waals surface area contributed by atoms with Gasteiger partial charge in [0, 0.05) is 13.1 Å². The third-order valence-electron chi connectivity index (χ3n) is 2.61. The molecule has 1 aliphatic heterocycles. The number of aromatic nitrogens is 1. The summed E-state index contributed by atoms with van der Waals surface area (Å²) in [6.45, 7) is 5.67. The van der Waals surface area contributed by atoms with Crippen molar-refractivity contribution >= 4 is 0 Å². The van der Waals surface area contributed by atoms with Crippen LogP contribution in [0.25, 0.3) is 0 Å². The topological polar surface area (TPSA) is 29.3 Å². The molecule has 0 amide bonds. The lowest BCUT2D eigenvalue weighted by Gasteiger charge is -2.29. The zero-order chi connectivity index (χ0) is 9.10. The Hall–Kier alpha value is -0.830. The Morgan fingerprint density at radius 1 is 1.69 bits per heavy atom. The van der Waals surface area contributed by atoms with Gasteiger partial charge in [-0.05, 0) is 25.3 Å². The van der Waals surface area contributed by atoms with Gasteiger partial charge in [-0.1, -0.05) is 6.92 Å². The van der Waals surface area contributed by atoms with E-state index >= 15 is 0 Å². The SMILES string of the molecule is CC1CCCN(Cc2cocn2)C1. The Bertz CT molecular complexity index is 245. The van der Waals surface area contributed by atoms with Crippen LogP contribution < -0.4 is 0 Å². The first-order valence-corrected chi connectivity index (χ1v) is 4.94. The molecule has 72 valence electrons. The number of hydrogen-bond donors (Lipinski definition) is 0.